The van der Waals surface area contributed by atoms with Gasteiger partial charge in [-0.2, -0.15) is 0 Å². The molecular formula is C11H10FI. The van der Waals surface area contributed by atoms with Crippen LogP contribution < -0.4 is 0 Å². The fourth-order valence-corrected chi connectivity index (χ4v) is 1.50. The van der Waals surface area contributed by atoms with E-state index < -0.39 is 0 Å². The Bertz CT molecular complexity index is 347. The van der Waals surface area contributed by atoms with Gasteiger partial charge in [0.1, 0.15) is 5.82 Å². The second-order valence-electron chi connectivity index (χ2n) is 2.66. The minimum atomic E-state index is -0.121. The second-order valence-corrected chi connectivity index (χ2v) is 3.91. The van der Waals surface area contributed by atoms with Gasteiger partial charge in [-0.05, 0) is 53.6 Å². The van der Waals surface area contributed by atoms with Gasteiger partial charge < -0.3 is 0 Å². The number of halogens is 2. The molecule has 0 atom stereocenters. The van der Waals surface area contributed by atoms with Crippen molar-refractivity contribution in [3.05, 3.63) is 33.1 Å². The monoisotopic (exact) mass is 288 g/mol. The standard InChI is InChI=1S/C11H10FI/c1-2-3-4-5-9-6-7-10(13)8-11(9)12/h6-8H,4-5H2,1H3. The van der Waals surface area contributed by atoms with Gasteiger partial charge in [0.05, 0.1) is 0 Å². The lowest BCUT2D eigenvalue weighted by atomic mass is 10.1. The summed E-state index contributed by atoms with van der Waals surface area (Å²) in [5.41, 5.74) is 0.753. The maximum absolute atomic E-state index is 13.2. The highest BCUT2D eigenvalue weighted by molar-refractivity contribution is 14.1. The molecule has 2 heteroatoms. The zero-order valence-electron chi connectivity index (χ0n) is 7.40. The molecule has 0 heterocycles. The summed E-state index contributed by atoms with van der Waals surface area (Å²) >= 11 is 2.10. The van der Waals surface area contributed by atoms with Crippen LogP contribution >= 0.6 is 22.6 Å². The molecule has 0 aromatic heterocycles. The van der Waals surface area contributed by atoms with E-state index in [1.54, 1.807) is 13.0 Å². The third-order valence-corrected chi connectivity index (χ3v) is 2.38. The van der Waals surface area contributed by atoms with Crippen molar-refractivity contribution in [1.29, 1.82) is 0 Å². The second kappa shape index (κ2) is 5.23. The summed E-state index contributed by atoms with van der Waals surface area (Å²) in [5, 5.41) is 0. The smallest absolute Gasteiger partial charge is 0.127 e. The van der Waals surface area contributed by atoms with E-state index in [1.165, 1.54) is 0 Å². The molecule has 0 nitrogen and oxygen atoms in total. The lowest BCUT2D eigenvalue weighted by Gasteiger charge is -2.00. The van der Waals surface area contributed by atoms with Crippen molar-refractivity contribution in [2.45, 2.75) is 19.8 Å². The molecule has 0 bridgehead atoms. The van der Waals surface area contributed by atoms with Gasteiger partial charge >= 0.3 is 0 Å². The van der Waals surface area contributed by atoms with Crippen LogP contribution in [0.5, 0.6) is 0 Å². The van der Waals surface area contributed by atoms with E-state index in [1.807, 2.05) is 12.1 Å². The van der Waals surface area contributed by atoms with Crippen LogP contribution in [0.3, 0.4) is 0 Å². The predicted molar refractivity (Wildman–Crippen MR) is 60.9 cm³/mol. The Morgan fingerprint density at radius 2 is 2.23 bits per heavy atom. The Labute approximate surface area is 91.7 Å². The molecule has 68 valence electrons. The summed E-state index contributed by atoms with van der Waals surface area (Å²) in [6, 6.07) is 5.29. The molecule has 0 aliphatic rings. The van der Waals surface area contributed by atoms with E-state index in [0.717, 1.165) is 15.6 Å². The zero-order valence-corrected chi connectivity index (χ0v) is 9.56. The number of rotatable bonds is 2. The van der Waals surface area contributed by atoms with Gasteiger partial charge in [-0.25, -0.2) is 4.39 Å². The number of hydrogen-bond donors (Lipinski definition) is 0. The first-order chi connectivity index (χ1) is 6.24. The first-order valence-electron chi connectivity index (χ1n) is 4.07. The third kappa shape index (κ3) is 3.35. The van der Waals surface area contributed by atoms with Crippen molar-refractivity contribution in [2.24, 2.45) is 0 Å². The van der Waals surface area contributed by atoms with Gasteiger partial charge in [-0.3, -0.25) is 0 Å². The minimum Gasteiger partial charge on any atom is -0.207 e. The van der Waals surface area contributed by atoms with Crippen molar-refractivity contribution in [1.82, 2.24) is 0 Å². The van der Waals surface area contributed by atoms with Crippen LogP contribution in [0.1, 0.15) is 18.9 Å². The highest BCUT2D eigenvalue weighted by atomic mass is 127. The molecule has 0 aliphatic heterocycles. The maximum atomic E-state index is 13.2. The molecule has 0 saturated heterocycles. The summed E-state index contributed by atoms with van der Waals surface area (Å²) in [6.45, 7) is 1.80. The van der Waals surface area contributed by atoms with Crippen LogP contribution in [0.25, 0.3) is 0 Å². The van der Waals surface area contributed by atoms with Gasteiger partial charge in [-0.1, -0.05) is 6.07 Å². The van der Waals surface area contributed by atoms with E-state index in [0.29, 0.717) is 6.42 Å². The van der Waals surface area contributed by atoms with E-state index >= 15 is 0 Å². The van der Waals surface area contributed by atoms with Gasteiger partial charge in [0.2, 0.25) is 0 Å². The zero-order chi connectivity index (χ0) is 9.68. The predicted octanol–water partition coefficient (Wildman–Crippen LogP) is 3.39. The summed E-state index contributed by atoms with van der Waals surface area (Å²) in [6.07, 6.45) is 1.43. The molecule has 1 rings (SSSR count). The SMILES string of the molecule is CC#CCCc1ccc(I)cc1F. The van der Waals surface area contributed by atoms with E-state index in [2.05, 4.69) is 34.4 Å². The summed E-state index contributed by atoms with van der Waals surface area (Å²) < 4.78 is 14.2. The lowest BCUT2D eigenvalue weighted by molar-refractivity contribution is 0.609. The maximum Gasteiger partial charge on any atom is 0.127 e. The van der Waals surface area contributed by atoms with Crippen LogP contribution in [0.15, 0.2) is 18.2 Å². The van der Waals surface area contributed by atoms with Crippen LogP contribution in [-0.4, -0.2) is 0 Å². The van der Waals surface area contributed by atoms with Crippen molar-refractivity contribution in [3.8, 4) is 11.8 Å². The Kier molecular flexibility index (Phi) is 4.23. The van der Waals surface area contributed by atoms with Crippen molar-refractivity contribution >= 4 is 22.6 Å². The van der Waals surface area contributed by atoms with Gasteiger partial charge in [0.25, 0.3) is 0 Å². The molecule has 13 heavy (non-hydrogen) atoms. The van der Waals surface area contributed by atoms with Crippen LogP contribution in [0.2, 0.25) is 0 Å². The van der Waals surface area contributed by atoms with E-state index in [4.69, 9.17) is 0 Å². The van der Waals surface area contributed by atoms with Crippen LogP contribution in [0.4, 0.5) is 4.39 Å². The fourth-order valence-electron chi connectivity index (χ4n) is 1.05. The van der Waals surface area contributed by atoms with Crippen LogP contribution in [0, 0.1) is 21.2 Å². The molecule has 0 radical (unpaired) electrons. The highest BCUT2D eigenvalue weighted by Gasteiger charge is 2.00. The molecule has 0 N–H and O–H groups in total. The molecule has 1 aromatic rings. The average molecular weight is 288 g/mol. The third-order valence-electron chi connectivity index (χ3n) is 1.71. The van der Waals surface area contributed by atoms with Crippen molar-refractivity contribution in [3.63, 3.8) is 0 Å². The Morgan fingerprint density at radius 1 is 1.46 bits per heavy atom. The first kappa shape index (κ1) is 10.5. The quantitative estimate of drug-likeness (QED) is 0.578. The van der Waals surface area contributed by atoms with Gasteiger partial charge in [-0.15, -0.1) is 11.8 Å². The summed E-state index contributed by atoms with van der Waals surface area (Å²) in [4.78, 5) is 0. The first-order valence-corrected chi connectivity index (χ1v) is 5.15. The largest absolute Gasteiger partial charge is 0.207 e. The molecule has 0 fully saturated rings. The summed E-state index contributed by atoms with van der Waals surface area (Å²) in [7, 11) is 0. The normalized spacial score (nSPS) is 9.15. The molecule has 0 amide bonds. The number of hydrogen-bond acceptors (Lipinski definition) is 0. The highest BCUT2D eigenvalue weighted by Crippen LogP contribution is 2.13. The van der Waals surface area contributed by atoms with Gasteiger partial charge in [0, 0.05) is 9.99 Å². The van der Waals surface area contributed by atoms with Crippen molar-refractivity contribution in [2.75, 3.05) is 0 Å². The molecule has 0 spiro atoms. The van der Waals surface area contributed by atoms with E-state index in [-0.39, 0.29) is 5.82 Å². The van der Waals surface area contributed by atoms with E-state index in [9.17, 15) is 4.39 Å². The Balaban J connectivity index is 2.70. The topological polar surface area (TPSA) is 0 Å². The fraction of sp³-hybridized carbons (Fsp3) is 0.273. The van der Waals surface area contributed by atoms with Crippen molar-refractivity contribution < 1.29 is 4.39 Å². The molecular weight excluding hydrogens is 278 g/mol. The Hall–Kier alpha value is -0.560. The lowest BCUT2D eigenvalue weighted by Crippen LogP contribution is -1.90. The molecule has 0 aliphatic carbocycles. The molecule has 0 unspecified atom stereocenters. The summed E-state index contributed by atoms with van der Waals surface area (Å²) in [5.74, 6) is 5.59. The average Bonchev–Trinajstić information content (AvgIpc) is 2.09. The van der Waals surface area contributed by atoms with Gasteiger partial charge in [0.15, 0.2) is 0 Å². The molecule has 0 saturated carbocycles. The number of benzene rings is 1. The Morgan fingerprint density at radius 3 is 2.85 bits per heavy atom. The minimum absolute atomic E-state index is 0.121. The number of aryl methyl sites for hydroxylation is 1. The van der Waals surface area contributed by atoms with Crippen LogP contribution in [-0.2, 0) is 6.42 Å². The molecule has 1 aromatic carbocycles.